The Hall–Kier alpha value is -3.59. The highest BCUT2D eigenvalue weighted by Crippen LogP contribution is 2.30. The van der Waals surface area contributed by atoms with Crippen LogP contribution in [0.4, 0.5) is 10.5 Å². The van der Waals surface area contributed by atoms with Crippen molar-refractivity contribution in [2.24, 2.45) is 5.73 Å². The maximum Gasteiger partial charge on any atom is 0.408 e. The van der Waals surface area contributed by atoms with Crippen LogP contribution in [0.5, 0.6) is 0 Å². The van der Waals surface area contributed by atoms with Gasteiger partial charge in [0.25, 0.3) is 5.91 Å². The molecule has 0 aromatic heterocycles. The average Bonchev–Trinajstić information content (AvgIpc) is 2.86. The van der Waals surface area contributed by atoms with Crippen molar-refractivity contribution in [2.75, 3.05) is 11.9 Å². The number of anilines is 1. The molecule has 4 N–H and O–H groups in total. The number of alkyl carbamates (subject to hydrolysis) is 1. The Morgan fingerprint density at radius 2 is 1.71 bits per heavy atom. The van der Waals surface area contributed by atoms with Crippen LogP contribution in [0.3, 0.4) is 0 Å². The molecular formula is C31H43ClN4O5. The number of halogens is 1. The highest BCUT2D eigenvalue weighted by atomic mass is 35.5. The zero-order chi connectivity index (χ0) is 30.7. The predicted molar refractivity (Wildman–Crippen MR) is 162 cm³/mol. The third-order valence-electron chi connectivity index (χ3n) is 6.32. The minimum Gasteiger partial charge on any atom is -0.444 e. The number of primary amides is 1. The first-order chi connectivity index (χ1) is 19.2. The molecule has 2 atom stereocenters. The summed E-state index contributed by atoms with van der Waals surface area (Å²) in [5, 5.41) is 5.78. The maximum absolute atomic E-state index is 14.2. The van der Waals surface area contributed by atoms with Gasteiger partial charge in [0.1, 0.15) is 17.7 Å². The van der Waals surface area contributed by atoms with Gasteiger partial charge in [-0.3, -0.25) is 14.4 Å². The molecule has 0 aliphatic carbocycles. The van der Waals surface area contributed by atoms with Crippen molar-refractivity contribution in [1.29, 1.82) is 0 Å². The summed E-state index contributed by atoms with van der Waals surface area (Å²) in [6.45, 7) is 11.1. The molecule has 10 heteroatoms. The Kier molecular flexibility index (Phi) is 12.6. The van der Waals surface area contributed by atoms with Crippen LogP contribution in [0.1, 0.15) is 82.5 Å². The maximum atomic E-state index is 14.2. The molecule has 0 saturated carbocycles. The number of nitrogens with zero attached hydrogens (tertiary/aromatic N) is 1. The summed E-state index contributed by atoms with van der Waals surface area (Å²) in [4.78, 5) is 54.3. The number of carbonyl (C=O) groups is 4. The third-order valence-corrected chi connectivity index (χ3v) is 6.63. The molecule has 0 aliphatic rings. The van der Waals surface area contributed by atoms with Gasteiger partial charge in [0.2, 0.25) is 11.8 Å². The molecule has 224 valence electrons. The Bertz CT molecular complexity index is 1210. The molecule has 2 aromatic rings. The van der Waals surface area contributed by atoms with Gasteiger partial charge in [0.05, 0.1) is 17.1 Å². The summed E-state index contributed by atoms with van der Waals surface area (Å²) in [5.74, 6) is -1.89. The van der Waals surface area contributed by atoms with E-state index in [1.807, 2.05) is 38.1 Å². The number of unbranched alkanes of at least 4 members (excludes halogenated alkanes) is 3. The predicted octanol–water partition coefficient (Wildman–Crippen LogP) is 5.81. The molecule has 0 heterocycles. The SMILES string of the molecule is CCCCCCN(C(=O)C(CC(N)=O)NC(=O)OC(C)(C)C)C(C(=O)Nc1c(C)cccc1Cl)c1cccc(C)c1. The van der Waals surface area contributed by atoms with Crippen LogP contribution in [0, 0.1) is 13.8 Å². The van der Waals surface area contributed by atoms with Gasteiger partial charge in [0, 0.05) is 6.54 Å². The van der Waals surface area contributed by atoms with E-state index in [2.05, 4.69) is 17.6 Å². The Labute approximate surface area is 248 Å². The Balaban J connectivity index is 2.59. The largest absolute Gasteiger partial charge is 0.444 e. The Morgan fingerprint density at radius 1 is 1.02 bits per heavy atom. The normalized spacial score (nSPS) is 12.7. The van der Waals surface area contributed by atoms with Gasteiger partial charge in [-0.05, 0) is 58.2 Å². The smallest absolute Gasteiger partial charge is 0.408 e. The van der Waals surface area contributed by atoms with E-state index in [9.17, 15) is 19.2 Å². The van der Waals surface area contributed by atoms with Gasteiger partial charge in [-0.15, -0.1) is 0 Å². The number of hydrogen-bond donors (Lipinski definition) is 3. The lowest BCUT2D eigenvalue weighted by Crippen LogP contribution is -2.53. The lowest BCUT2D eigenvalue weighted by atomic mass is 9.99. The number of hydrogen-bond acceptors (Lipinski definition) is 5. The molecule has 2 unspecified atom stereocenters. The number of ether oxygens (including phenoxy) is 1. The van der Waals surface area contributed by atoms with Crippen LogP contribution >= 0.6 is 11.6 Å². The minimum absolute atomic E-state index is 0.206. The molecule has 9 nitrogen and oxygen atoms in total. The third kappa shape index (κ3) is 10.7. The quantitative estimate of drug-likeness (QED) is 0.255. The van der Waals surface area contributed by atoms with Gasteiger partial charge < -0.3 is 26.0 Å². The first-order valence-electron chi connectivity index (χ1n) is 13.9. The van der Waals surface area contributed by atoms with Crippen molar-refractivity contribution in [3.8, 4) is 0 Å². The highest BCUT2D eigenvalue weighted by molar-refractivity contribution is 6.34. The van der Waals surface area contributed by atoms with E-state index < -0.39 is 47.9 Å². The van der Waals surface area contributed by atoms with Crippen LogP contribution in [-0.2, 0) is 19.1 Å². The van der Waals surface area contributed by atoms with Crippen LogP contribution in [-0.4, -0.2) is 46.9 Å². The van der Waals surface area contributed by atoms with Gasteiger partial charge in [0.15, 0.2) is 0 Å². The fourth-order valence-electron chi connectivity index (χ4n) is 4.42. The molecule has 0 spiro atoms. The van der Waals surface area contributed by atoms with E-state index in [-0.39, 0.29) is 6.54 Å². The fraction of sp³-hybridized carbons (Fsp3) is 0.484. The van der Waals surface area contributed by atoms with Crippen LogP contribution in [0.2, 0.25) is 5.02 Å². The lowest BCUT2D eigenvalue weighted by molar-refractivity contribution is -0.142. The second-order valence-corrected chi connectivity index (χ2v) is 11.6. The van der Waals surface area contributed by atoms with Crippen molar-refractivity contribution in [2.45, 2.75) is 91.3 Å². The topological polar surface area (TPSA) is 131 Å². The molecule has 4 amide bonds. The summed E-state index contributed by atoms with van der Waals surface area (Å²) in [6.07, 6.45) is 2.03. The number of carbonyl (C=O) groups excluding carboxylic acids is 4. The molecule has 0 bridgehead atoms. The standard InChI is InChI=1S/C31H43ClN4O5/c1-7-8-9-10-17-36(29(39)24(19-25(33)37)34-30(40)41-31(4,5)6)27(22-15-11-13-20(2)18-22)28(38)35-26-21(3)14-12-16-23(26)32/h11-16,18,24,27H,7-10,17,19H2,1-6H3,(H2,33,37)(H,34,40)(H,35,38). The lowest BCUT2D eigenvalue weighted by Gasteiger charge is -2.34. The fourth-order valence-corrected chi connectivity index (χ4v) is 4.69. The molecular weight excluding hydrogens is 544 g/mol. The number of benzene rings is 2. The summed E-state index contributed by atoms with van der Waals surface area (Å²) < 4.78 is 5.34. The number of nitrogens with two attached hydrogens (primary N) is 1. The second-order valence-electron chi connectivity index (χ2n) is 11.2. The first kappa shape index (κ1) is 33.6. The van der Waals surface area contributed by atoms with Crippen molar-refractivity contribution in [3.63, 3.8) is 0 Å². The Morgan fingerprint density at radius 3 is 2.29 bits per heavy atom. The zero-order valence-electron chi connectivity index (χ0n) is 24.9. The van der Waals surface area contributed by atoms with Gasteiger partial charge in [-0.1, -0.05) is 79.7 Å². The van der Waals surface area contributed by atoms with E-state index in [0.717, 1.165) is 30.4 Å². The van der Waals surface area contributed by atoms with Crippen LogP contribution < -0.4 is 16.4 Å². The van der Waals surface area contributed by atoms with Gasteiger partial charge in [-0.25, -0.2) is 4.79 Å². The van der Waals surface area contributed by atoms with Crippen LogP contribution in [0.25, 0.3) is 0 Å². The molecule has 0 radical (unpaired) electrons. The van der Waals surface area contributed by atoms with E-state index in [1.54, 1.807) is 39.0 Å². The van der Waals surface area contributed by atoms with Crippen LogP contribution in [0.15, 0.2) is 42.5 Å². The van der Waals surface area contributed by atoms with E-state index in [1.165, 1.54) is 4.90 Å². The summed E-state index contributed by atoms with van der Waals surface area (Å²) >= 11 is 6.42. The number of nitrogens with one attached hydrogen (secondary N) is 2. The van der Waals surface area contributed by atoms with E-state index in [4.69, 9.17) is 22.1 Å². The molecule has 0 fully saturated rings. The minimum atomic E-state index is -1.34. The molecule has 0 aliphatic heterocycles. The monoisotopic (exact) mass is 586 g/mol. The van der Waals surface area contributed by atoms with Gasteiger partial charge >= 0.3 is 6.09 Å². The average molecular weight is 587 g/mol. The first-order valence-corrected chi connectivity index (χ1v) is 14.3. The van der Waals surface area contributed by atoms with E-state index >= 15 is 0 Å². The summed E-state index contributed by atoms with van der Waals surface area (Å²) in [5.41, 5.74) is 7.32. The summed E-state index contributed by atoms with van der Waals surface area (Å²) in [6, 6.07) is 10.2. The number of amides is 4. The molecule has 2 aromatic carbocycles. The van der Waals surface area contributed by atoms with Crippen molar-refractivity contribution in [3.05, 3.63) is 64.2 Å². The zero-order valence-corrected chi connectivity index (χ0v) is 25.6. The molecule has 0 saturated heterocycles. The molecule has 41 heavy (non-hydrogen) atoms. The molecule has 2 rings (SSSR count). The number of para-hydroxylation sites is 1. The van der Waals surface area contributed by atoms with Crippen molar-refractivity contribution < 1.29 is 23.9 Å². The number of rotatable bonds is 13. The second kappa shape index (κ2) is 15.4. The highest BCUT2D eigenvalue weighted by Gasteiger charge is 2.37. The summed E-state index contributed by atoms with van der Waals surface area (Å²) in [7, 11) is 0. The number of aryl methyl sites for hydroxylation is 2. The van der Waals surface area contributed by atoms with Crippen molar-refractivity contribution in [1.82, 2.24) is 10.2 Å². The van der Waals surface area contributed by atoms with E-state index in [0.29, 0.717) is 22.7 Å². The van der Waals surface area contributed by atoms with Gasteiger partial charge in [-0.2, -0.15) is 0 Å². The van der Waals surface area contributed by atoms with Crippen molar-refractivity contribution >= 4 is 41.1 Å².